The molecule has 2 aromatic carbocycles. The molecule has 4 aromatic rings. The maximum absolute atomic E-state index is 13.3. The molecule has 0 fully saturated rings. The number of amides is 1. The molecule has 0 spiro atoms. The fourth-order valence-corrected chi connectivity index (χ4v) is 4.32. The Bertz CT molecular complexity index is 1330. The van der Waals surface area contributed by atoms with Crippen LogP contribution in [0.1, 0.15) is 16.1 Å². The van der Waals surface area contributed by atoms with Crippen molar-refractivity contribution >= 4 is 27.0 Å². The molecule has 0 atom stereocenters. The van der Waals surface area contributed by atoms with Crippen molar-refractivity contribution in [2.75, 3.05) is 0 Å². The van der Waals surface area contributed by atoms with E-state index in [-0.39, 0.29) is 22.8 Å². The largest absolute Gasteiger partial charge is 0.459 e. The second-order valence-corrected chi connectivity index (χ2v) is 8.20. The number of carbonyl (C=O) groups excluding carboxylic acids is 1. The van der Waals surface area contributed by atoms with E-state index < -0.39 is 21.7 Å². The lowest BCUT2D eigenvalue weighted by Gasteiger charge is -2.21. The number of hydrogen-bond acceptors (Lipinski definition) is 6. The molecule has 29 heavy (non-hydrogen) atoms. The van der Waals surface area contributed by atoms with Gasteiger partial charge in [-0.15, -0.1) is 0 Å². The van der Waals surface area contributed by atoms with E-state index in [2.05, 4.69) is 0 Å². The summed E-state index contributed by atoms with van der Waals surface area (Å²) in [6.45, 7) is -0.181. The van der Waals surface area contributed by atoms with Crippen LogP contribution < -0.4 is 5.76 Å². The molecule has 2 aromatic heterocycles. The summed E-state index contributed by atoms with van der Waals surface area (Å²) in [5.74, 6) is -1.51. The summed E-state index contributed by atoms with van der Waals surface area (Å²) in [6.07, 6.45) is 1.30. The van der Waals surface area contributed by atoms with E-state index in [9.17, 15) is 18.0 Å². The first-order valence-electron chi connectivity index (χ1n) is 8.62. The third-order valence-corrected chi connectivity index (χ3v) is 6.20. The molecule has 0 N–H and O–H groups in total. The Balaban J connectivity index is 1.81. The first-order valence-corrected chi connectivity index (χ1v) is 10.1. The van der Waals surface area contributed by atoms with Gasteiger partial charge < -0.3 is 8.83 Å². The molecule has 1 amide bonds. The SMILES string of the molecule is Cn1c(=O)oc2cc(S(=O)(=O)N(Cc3ccccc3)C(=O)c3ccco3)ccc21. The molecular formula is C20H16N2O6S. The number of benzene rings is 2. The van der Waals surface area contributed by atoms with E-state index in [4.69, 9.17) is 8.83 Å². The maximum Gasteiger partial charge on any atom is 0.419 e. The van der Waals surface area contributed by atoms with Crippen LogP contribution in [0.4, 0.5) is 0 Å². The third-order valence-electron chi connectivity index (χ3n) is 4.48. The van der Waals surface area contributed by atoms with E-state index in [1.807, 2.05) is 0 Å². The van der Waals surface area contributed by atoms with Gasteiger partial charge in [0.15, 0.2) is 11.3 Å². The number of aryl methyl sites for hydroxylation is 1. The zero-order valence-electron chi connectivity index (χ0n) is 15.3. The van der Waals surface area contributed by atoms with E-state index in [0.29, 0.717) is 11.1 Å². The van der Waals surface area contributed by atoms with Crippen LogP contribution in [0.2, 0.25) is 0 Å². The zero-order valence-corrected chi connectivity index (χ0v) is 16.1. The van der Waals surface area contributed by atoms with Crippen molar-refractivity contribution in [3.8, 4) is 0 Å². The second kappa shape index (κ2) is 7.10. The van der Waals surface area contributed by atoms with Gasteiger partial charge in [0.2, 0.25) is 0 Å². The molecule has 0 unspecified atom stereocenters. The topological polar surface area (TPSA) is 103 Å². The lowest BCUT2D eigenvalue weighted by molar-refractivity contribution is 0.0824. The Hall–Kier alpha value is -3.59. The molecule has 0 saturated heterocycles. The first kappa shape index (κ1) is 18.8. The highest BCUT2D eigenvalue weighted by Crippen LogP contribution is 2.24. The summed E-state index contributed by atoms with van der Waals surface area (Å²) in [4.78, 5) is 24.5. The number of aromatic nitrogens is 1. The number of nitrogens with zero attached hydrogens (tertiary/aromatic N) is 2. The maximum atomic E-state index is 13.3. The van der Waals surface area contributed by atoms with Crippen molar-refractivity contribution in [3.05, 3.63) is 88.8 Å². The molecular weight excluding hydrogens is 396 g/mol. The molecule has 0 bridgehead atoms. The Morgan fingerprint density at radius 2 is 1.83 bits per heavy atom. The highest BCUT2D eigenvalue weighted by atomic mass is 32.2. The summed E-state index contributed by atoms with van der Waals surface area (Å²) >= 11 is 0. The number of carbonyl (C=O) groups is 1. The Labute approximate surface area is 165 Å². The predicted octanol–water partition coefficient (Wildman–Crippen LogP) is 2.76. The number of furan rings is 1. The third kappa shape index (κ3) is 3.36. The van der Waals surface area contributed by atoms with E-state index in [1.165, 1.54) is 48.2 Å². The summed E-state index contributed by atoms with van der Waals surface area (Å²) in [6, 6.07) is 15.7. The van der Waals surface area contributed by atoms with Crippen molar-refractivity contribution in [2.24, 2.45) is 7.05 Å². The van der Waals surface area contributed by atoms with Crippen molar-refractivity contribution in [3.63, 3.8) is 0 Å². The van der Waals surface area contributed by atoms with Gasteiger partial charge in [0.05, 0.1) is 23.2 Å². The van der Waals surface area contributed by atoms with Gasteiger partial charge >= 0.3 is 11.7 Å². The molecule has 8 nitrogen and oxygen atoms in total. The smallest absolute Gasteiger partial charge is 0.419 e. The van der Waals surface area contributed by atoms with Gasteiger partial charge in [-0.05, 0) is 29.8 Å². The minimum Gasteiger partial charge on any atom is -0.459 e. The second-order valence-electron chi connectivity index (χ2n) is 6.34. The Kier molecular flexibility index (Phi) is 4.59. The van der Waals surface area contributed by atoms with Crippen LogP contribution in [0.5, 0.6) is 0 Å². The lowest BCUT2D eigenvalue weighted by atomic mass is 10.2. The van der Waals surface area contributed by atoms with Crippen LogP contribution in [0.3, 0.4) is 0 Å². The summed E-state index contributed by atoms with van der Waals surface area (Å²) < 4.78 is 38.9. The molecule has 9 heteroatoms. The zero-order chi connectivity index (χ0) is 20.6. The van der Waals surface area contributed by atoms with Crippen LogP contribution in [0.15, 0.2) is 85.5 Å². The van der Waals surface area contributed by atoms with Gasteiger partial charge in [0.1, 0.15) is 0 Å². The van der Waals surface area contributed by atoms with E-state index >= 15 is 0 Å². The molecule has 0 aliphatic heterocycles. The number of fused-ring (bicyclic) bond motifs is 1. The van der Waals surface area contributed by atoms with Crippen LogP contribution in [0.25, 0.3) is 11.1 Å². The normalized spacial score (nSPS) is 11.6. The minimum atomic E-state index is -4.27. The molecule has 0 radical (unpaired) electrons. The van der Waals surface area contributed by atoms with Gasteiger partial charge in [0.25, 0.3) is 10.0 Å². The van der Waals surface area contributed by atoms with Crippen molar-refractivity contribution < 1.29 is 22.0 Å². The lowest BCUT2D eigenvalue weighted by Crippen LogP contribution is -2.36. The van der Waals surface area contributed by atoms with E-state index in [0.717, 1.165) is 4.31 Å². The number of sulfonamides is 1. The van der Waals surface area contributed by atoms with Crippen LogP contribution in [0, 0.1) is 0 Å². The van der Waals surface area contributed by atoms with Crippen LogP contribution in [-0.2, 0) is 23.6 Å². The van der Waals surface area contributed by atoms with Gasteiger partial charge in [-0.25, -0.2) is 17.5 Å². The van der Waals surface area contributed by atoms with Gasteiger partial charge in [0, 0.05) is 13.1 Å². The summed E-state index contributed by atoms with van der Waals surface area (Å²) in [7, 11) is -2.75. The Morgan fingerprint density at radius 3 is 2.52 bits per heavy atom. The molecule has 4 rings (SSSR count). The molecule has 148 valence electrons. The van der Waals surface area contributed by atoms with Gasteiger partial charge in [-0.3, -0.25) is 9.36 Å². The summed E-state index contributed by atoms with van der Waals surface area (Å²) in [5.41, 5.74) is 1.19. The average molecular weight is 412 g/mol. The quantitative estimate of drug-likeness (QED) is 0.499. The summed E-state index contributed by atoms with van der Waals surface area (Å²) in [5, 5.41) is 0. The van der Waals surface area contributed by atoms with Crippen molar-refractivity contribution in [1.82, 2.24) is 8.87 Å². The monoisotopic (exact) mass is 412 g/mol. The molecule has 0 aliphatic rings. The highest BCUT2D eigenvalue weighted by molar-refractivity contribution is 7.89. The van der Waals surface area contributed by atoms with Crippen molar-refractivity contribution in [2.45, 2.75) is 11.4 Å². The van der Waals surface area contributed by atoms with Crippen LogP contribution in [-0.4, -0.2) is 23.2 Å². The number of rotatable bonds is 5. The standard InChI is InChI=1S/C20H16N2O6S/c1-21-16-10-9-15(12-18(16)28-20(21)24)29(25,26)22(13-14-6-3-2-4-7-14)19(23)17-8-5-11-27-17/h2-12H,13H2,1H3. The van der Waals surface area contributed by atoms with Gasteiger partial charge in [-0.2, -0.15) is 0 Å². The number of oxazole rings is 1. The first-order chi connectivity index (χ1) is 13.9. The average Bonchev–Trinajstić information content (AvgIpc) is 3.35. The number of hydrogen-bond donors (Lipinski definition) is 0. The molecule has 0 aliphatic carbocycles. The molecule has 2 heterocycles. The van der Waals surface area contributed by atoms with Gasteiger partial charge in [-0.1, -0.05) is 30.3 Å². The highest BCUT2D eigenvalue weighted by Gasteiger charge is 2.32. The van der Waals surface area contributed by atoms with Crippen molar-refractivity contribution in [1.29, 1.82) is 0 Å². The minimum absolute atomic E-state index is 0.100. The van der Waals surface area contributed by atoms with E-state index in [1.54, 1.807) is 30.3 Å². The molecule has 0 saturated carbocycles. The fraction of sp³-hybridized carbons (Fsp3) is 0.100. The fourth-order valence-electron chi connectivity index (χ4n) is 2.94. The Morgan fingerprint density at radius 1 is 1.07 bits per heavy atom. The van der Waals surface area contributed by atoms with Crippen LogP contribution >= 0.6 is 0 Å². The predicted molar refractivity (Wildman–Crippen MR) is 104 cm³/mol.